The molecule has 0 fully saturated rings. The SMILES string of the molecule is Cc1cc(O)c(CCN)cc1O.Cl. The van der Waals surface area contributed by atoms with E-state index in [0.29, 0.717) is 24.1 Å². The molecule has 0 bridgehead atoms. The summed E-state index contributed by atoms with van der Waals surface area (Å²) >= 11 is 0. The molecule has 1 aromatic carbocycles. The van der Waals surface area contributed by atoms with Crippen molar-refractivity contribution in [1.82, 2.24) is 0 Å². The van der Waals surface area contributed by atoms with Crippen LogP contribution in [0.15, 0.2) is 12.1 Å². The molecule has 0 aromatic heterocycles. The number of phenols is 2. The molecular weight excluding hydrogens is 190 g/mol. The fourth-order valence-electron chi connectivity index (χ4n) is 1.08. The summed E-state index contributed by atoms with van der Waals surface area (Å²) < 4.78 is 0. The van der Waals surface area contributed by atoms with Crippen molar-refractivity contribution in [2.24, 2.45) is 5.73 Å². The van der Waals surface area contributed by atoms with Gasteiger partial charge in [-0.2, -0.15) is 0 Å². The van der Waals surface area contributed by atoms with Crippen molar-refractivity contribution >= 4 is 12.4 Å². The Morgan fingerprint density at radius 3 is 2.38 bits per heavy atom. The summed E-state index contributed by atoms with van der Waals surface area (Å²) in [5.74, 6) is 0.409. The molecule has 0 spiro atoms. The van der Waals surface area contributed by atoms with Crippen LogP contribution in [0.1, 0.15) is 11.1 Å². The lowest BCUT2D eigenvalue weighted by Gasteiger charge is -2.05. The molecule has 0 atom stereocenters. The molecule has 1 aromatic rings. The van der Waals surface area contributed by atoms with Crippen LogP contribution < -0.4 is 5.73 Å². The van der Waals surface area contributed by atoms with Crippen LogP contribution >= 0.6 is 12.4 Å². The quantitative estimate of drug-likeness (QED) is 0.636. The second kappa shape index (κ2) is 4.94. The molecule has 0 saturated carbocycles. The summed E-state index contributed by atoms with van der Waals surface area (Å²) in [6.07, 6.45) is 0.583. The van der Waals surface area contributed by atoms with Gasteiger partial charge in [0, 0.05) is 0 Å². The Balaban J connectivity index is 0.00000144. The summed E-state index contributed by atoms with van der Waals surface area (Å²) in [5.41, 5.74) is 6.69. The molecule has 74 valence electrons. The Kier molecular flexibility index (Phi) is 4.59. The topological polar surface area (TPSA) is 66.5 Å². The average Bonchev–Trinajstić information content (AvgIpc) is 2.01. The summed E-state index contributed by atoms with van der Waals surface area (Å²) in [5, 5.41) is 18.7. The van der Waals surface area contributed by atoms with E-state index in [0.717, 1.165) is 0 Å². The number of rotatable bonds is 2. The van der Waals surface area contributed by atoms with Crippen LogP contribution in [0, 0.1) is 6.92 Å². The van der Waals surface area contributed by atoms with Gasteiger partial charge in [-0.15, -0.1) is 12.4 Å². The molecule has 0 saturated heterocycles. The highest BCUT2D eigenvalue weighted by molar-refractivity contribution is 5.85. The van der Waals surface area contributed by atoms with Crippen molar-refractivity contribution in [3.8, 4) is 11.5 Å². The van der Waals surface area contributed by atoms with Crippen molar-refractivity contribution < 1.29 is 10.2 Å². The van der Waals surface area contributed by atoms with E-state index >= 15 is 0 Å². The zero-order valence-electron chi connectivity index (χ0n) is 7.45. The normalized spacial score (nSPS) is 9.38. The second-order valence-corrected chi connectivity index (χ2v) is 2.81. The lowest BCUT2D eigenvalue weighted by atomic mass is 10.1. The molecule has 13 heavy (non-hydrogen) atoms. The van der Waals surface area contributed by atoms with Gasteiger partial charge in [0.15, 0.2) is 0 Å². The van der Waals surface area contributed by atoms with Crippen molar-refractivity contribution in [3.05, 3.63) is 23.3 Å². The van der Waals surface area contributed by atoms with E-state index in [1.165, 1.54) is 0 Å². The third kappa shape index (κ3) is 2.79. The number of halogens is 1. The largest absolute Gasteiger partial charge is 0.508 e. The molecule has 0 aliphatic rings. The third-order valence-electron chi connectivity index (χ3n) is 1.81. The highest BCUT2D eigenvalue weighted by Crippen LogP contribution is 2.26. The first-order valence-electron chi connectivity index (χ1n) is 3.86. The first kappa shape index (κ1) is 12.1. The lowest BCUT2D eigenvalue weighted by Crippen LogP contribution is -2.02. The molecule has 1 rings (SSSR count). The van der Waals surface area contributed by atoms with Crippen LogP contribution in [-0.4, -0.2) is 16.8 Å². The minimum Gasteiger partial charge on any atom is -0.508 e. The Hall–Kier alpha value is -0.930. The smallest absolute Gasteiger partial charge is 0.119 e. The Bertz CT molecular complexity index is 289. The molecule has 3 nitrogen and oxygen atoms in total. The van der Waals surface area contributed by atoms with Crippen molar-refractivity contribution in [3.63, 3.8) is 0 Å². The maximum atomic E-state index is 9.38. The second-order valence-electron chi connectivity index (χ2n) is 2.81. The number of phenolic OH excluding ortho intramolecular Hbond substituents is 2. The minimum atomic E-state index is 0. The van der Waals surface area contributed by atoms with Gasteiger partial charge in [-0.25, -0.2) is 0 Å². The van der Waals surface area contributed by atoms with Crippen LogP contribution in [-0.2, 0) is 6.42 Å². The van der Waals surface area contributed by atoms with Crippen LogP contribution in [0.2, 0.25) is 0 Å². The fourth-order valence-corrected chi connectivity index (χ4v) is 1.08. The zero-order valence-corrected chi connectivity index (χ0v) is 8.27. The van der Waals surface area contributed by atoms with E-state index in [1.54, 1.807) is 19.1 Å². The molecular formula is C9H14ClNO2. The van der Waals surface area contributed by atoms with Crippen molar-refractivity contribution in [2.75, 3.05) is 6.54 Å². The van der Waals surface area contributed by atoms with Gasteiger partial charge < -0.3 is 15.9 Å². The highest BCUT2D eigenvalue weighted by Gasteiger charge is 2.04. The number of aryl methyl sites for hydroxylation is 1. The first-order valence-corrected chi connectivity index (χ1v) is 3.86. The van der Waals surface area contributed by atoms with Gasteiger partial charge >= 0.3 is 0 Å². The zero-order chi connectivity index (χ0) is 9.14. The van der Waals surface area contributed by atoms with Gasteiger partial charge in [0.05, 0.1) is 0 Å². The third-order valence-corrected chi connectivity index (χ3v) is 1.81. The maximum absolute atomic E-state index is 9.38. The number of benzene rings is 1. The Morgan fingerprint density at radius 1 is 1.23 bits per heavy atom. The lowest BCUT2D eigenvalue weighted by molar-refractivity contribution is 0.451. The monoisotopic (exact) mass is 203 g/mol. The number of hydrogen-bond acceptors (Lipinski definition) is 3. The van der Waals surface area contributed by atoms with Crippen LogP contribution in [0.5, 0.6) is 11.5 Å². The van der Waals surface area contributed by atoms with E-state index in [4.69, 9.17) is 5.73 Å². The minimum absolute atomic E-state index is 0. The van der Waals surface area contributed by atoms with E-state index in [2.05, 4.69) is 0 Å². The molecule has 4 heteroatoms. The van der Waals surface area contributed by atoms with E-state index in [9.17, 15) is 10.2 Å². The summed E-state index contributed by atoms with van der Waals surface area (Å²) in [7, 11) is 0. The standard InChI is InChI=1S/C9H13NO2.ClH/c1-6-4-9(12)7(2-3-10)5-8(6)11;/h4-5,11-12H,2-3,10H2,1H3;1H. The van der Waals surface area contributed by atoms with E-state index < -0.39 is 0 Å². The molecule has 0 radical (unpaired) electrons. The van der Waals surface area contributed by atoms with Gasteiger partial charge in [-0.1, -0.05) is 0 Å². The van der Waals surface area contributed by atoms with Gasteiger partial charge in [0.25, 0.3) is 0 Å². The molecule has 0 amide bonds. The maximum Gasteiger partial charge on any atom is 0.119 e. The fraction of sp³-hybridized carbons (Fsp3) is 0.333. The van der Waals surface area contributed by atoms with Crippen LogP contribution in [0.4, 0.5) is 0 Å². The predicted molar refractivity (Wildman–Crippen MR) is 54.5 cm³/mol. The van der Waals surface area contributed by atoms with Crippen molar-refractivity contribution in [2.45, 2.75) is 13.3 Å². The molecule has 0 unspecified atom stereocenters. The van der Waals surface area contributed by atoms with Gasteiger partial charge in [0.1, 0.15) is 11.5 Å². The molecule has 0 aliphatic heterocycles. The van der Waals surface area contributed by atoms with Gasteiger partial charge in [0.2, 0.25) is 0 Å². The summed E-state index contributed by atoms with van der Waals surface area (Å²) in [4.78, 5) is 0. The summed E-state index contributed by atoms with van der Waals surface area (Å²) in [6, 6.07) is 3.10. The van der Waals surface area contributed by atoms with Crippen LogP contribution in [0.3, 0.4) is 0 Å². The predicted octanol–water partition coefficient (Wildman–Crippen LogP) is 1.33. The van der Waals surface area contributed by atoms with Gasteiger partial charge in [-0.05, 0) is 43.1 Å². The molecule has 0 aliphatic carbocycles. The van der Waals surface area contributed by atoms with E-state index in [-0.39, 0.29) is 23.9 Å². The number of hydrogen-bond donors (Lipinski definition) is 3. The van der Waals surface area contributed by atoms with Gasteiger partial charge in [-0.3, -0.25) is 0 Å². The molecule has 0 heterocycles. The van der Waals surface area contributed by atoms with Crippen molar-refractivity contribution in [1.29, 1.82) is 0 Å². The Labute approximate surface area is 83.6 Å². The summed E-state index contributed by atoms with van der Waals surface area (Å²) in [6.45, 7) is 2.21. The molecule has 4 N–H and O–H groups in total. The van der Waals surface area contributed by atoms with E-state index in [1.807, 2.05) is 0 Å². The highest BCUT2D eigenvalue weighted by atomic mass is 35.5. The van der Waals surface area contributed by atoms with Crippen LogP contribution in [0.25, 0.3) is 0 Å². The number of nitrogens with two attached hydrogens (primary N) is 1. The number of aromatic hydroxyl groups is 2. The average molecular weight is 204 g/mol. The Morgan fingerprint density at radius 2 is 1.85 bits per heavy atom. The first-order chi connectivity index (χ1) is 5.65.